The van der Waals surface area contributed by atoms with E-state index in [1.165, 1.54) is 27.6 Å². The van der Waals surface area contributed by atoms with Crippen LogP contribution in [0.25, 0.3) is 11.3 Å². The van der Waals surface area contributed by atoms with Gasteiger partial charge in [0.05, 0.1) is 27.4 Å². The van der Waals surface area contributed by atoms with Crippen LogP contribution in [0.15, 0.2) is 40.2 Å². The lowest BCUT2D eigenvalue weighted by Gasteiger charge is -2.15. The number of aryl methyl sites for hydroxylation is 1. The van der Waals surface area contributed by atoms with Crippen LogP contribution in [-0.2, 0) is 11.3 Å². The third-order valence-electron chi connectivity index (χ3n) is 3.91. The van der Waals surface area contributed by atoms with E-state index in [0.29, 0.717) is 16.4 Å². The summed E-state index contributed by atoms with van der Waals surface area (Å²) < 4.78 is 0.879. The van der Waals surface area contributed by atoms with Gasteiger partial charge >= 0.3 is 0 Å². The maximum atomic E-state index is 12.3. The Hall–Kier alpha value is -1.74. The molecule has 28 heavy (non-hydrogen) atoms. The van der Waals surface area contributed by atoms with E-state index < -0.39 is 0 Å². The number of hydrogen-bond acceptors (Lipinski definition) is 5. The molecule has 0 aliphatic rings. The molecule has 2 amide bonds. The first-order valence-electron chi connectivity index (χ1n) is 8.33. The first-order chi connectivity index (χ1) is 13.3. The number of nitrogens with zero attached hydrogens (tertiary/aromatic N) is 2. The largest absolute Gasteiger partial charge is 0.348 e. The van der Waals surface area contributed by atoms with Crippen LogP contribution in [0.4, 0.5) is 0 Å². The molecule has 0 unspecified atom stereocenters. The third kappa shape index (κ3) is 5.20. The molecule has 0 bridgehead atoms. The minimum atomic E-state index is -0.229. The number of halogens is 2. The van der Waals surface area contributed by atoms with Gasteiger partial charge < -0.3 is 10.2 Å². The van der Waals surface area contributed by atoms with Crippen molar-refractivity contribution in [1.29, 1.82) is 0 Å². The van der Waals surface area contributed by atoms with E-state index in [2.05, 4.69) is 26.2 Å². The van der Waals surface area contributed by atoms with E-state index in [-0.39, 0.29) is 18.4 Å². The second-order valence-electron chi connectivity index (χ2n) is 6.06. The zero-order valence-electron chi connectivity index (χ0n) is 15.2. The minimum absolute atomic E-state index is 0.0112. The number of aromatic nitrogens is 1. The van der Waals surface area contributed by atoms with Crippen LogP contribution in [-0.4, -0.2) is 35.3 Å². The Morgan fingerprint density at radius 2 is 1.89 bits per heavy atom. The molecule has 0 aliphatic heterocycles. The van der Waals surface area contributed by atoms with E-state index in [1.54, 1.807) is 13.1 Å². The number of carbonyl (C=O) groups excluding carboxylic acids is 2. The standard InChI is InChI=1S/C19H17BrClN3O2S2/c1-11-18(12-3-5-13(21)6-4-12)23-17(27-11)9-22-16(25)10-24(2)19(26)14-7-8-15(20)28-14/h3-8H,9-10H2,1-2H3,(H,22,25). The van der Waals surface area contributed by atoms with Gasteiger partial charge in [0.1, 0.15) is 5.01 Å². The number of nitrogens with one attached hydrogen (secondary N) is 1. The van der Waals surface area contributed by atoms with Crippen molar-refractivity contribution in [3.63, 3.8) is 0 Å². The zero-order chi connectivity index (χ0) is 20.3. The van der Waals surface area contributed by atoms with E-state index in [4.69, 9.17) is 11.6 Å². The van der Waals surface area contributed by atoms with Gasteiger partial charge in [-0.15, -0.1) is 22.7 Å². The Bertz CT molecular complexity index is 1000. The average molecular weight is 499 g/mol. The normalized spacial score (nSPS) is 10.7. The molecule has 9 heteroatoms. The van der Waals surface area contributed by atoms with E-state index >= 15 is 0 Å². The lowest BCUT2D eigenvalue weighted by Crippen LogP contribution is -2.37. The third-order valence-corrected chi connectivity index (χ3v) is 6.74. The van der Waals surface area contributed by atoms with Gasteiger partial charge in [0.25, 0.3) is 5.91 Å². The van der Waals surface area contributed by atoms with E-state index in [0.717, 1.165) is 24.9 Å². The second-order valence-corrected chi connectivity index (χ2v) is 10.2. The second kappa shape index (κ2) is 9.17. The van der Waals surface area contributed by atoms with Gasteiger partial charge in [-0.25, -0.2) is 4.98 Å². The summed E-state index contributed by atoms with van der Waals surface area (Å²) in [5, 5.41) is 4.32. The van der Waals surface area contributed by atoms with Gasteiger partial charge in [-0.2, -0.15) is 0 Å². The highest BCUT2D eigenvalue weighted by molar-refractivity contribution is 9.11. The summed E-state index contributed by atoms with van der Waals surface area (Å²) in [5.41, 5.74) is 1.88. The molecule has 3 rings (SSSR count). The molecule has 146 valence electrons. The Balaban J connectivity index is 1.56. The topological polar surface area (TPSA) is 62.3 Å². The van der Waals surface area contributed by atoms with Crippen LogP contribution in [0, 0.1) is 6.92 Å². The molecular formula is C19H17BrClN3O2S2. The number of thiophene rings is 1. The highest BCUT2D eigenvalue weighted by atomic mass is 79.9. The van der Waals surface area contributed by atoms with Crippen LogP contribution in [0.1, 0.15) is 19.6 Å². The molecule has 0 saturated carbocycles. The molecule has 0 aliphatic carbocycles. The summed E-state index contributed by atoms with van der Waals surface area (Å²) in [6, 6.07) is 11.1. The maximum Gasteiger partial charge on any atom is 0.264 e. The summed E-state index contributed by atoms with van der Waals surface area (Å²) in [5.74, 6) is -0.409. The Labute approximate surface area is 184 Å². The number of hydrogen-bond donors (Lipinski definition) is 1. The Morgan fingerprint density at radius 3 is 2.54 bits per heavy atom. The molecule has 0 spiro atoms. The molecule has 5 nitrogen and oxygen atoms in total. The summed E-state index contributed by atoms with van der Waals surface area (Å²) in [4.78, 5) is 32.2. The van der Waals surface area contributed by atoms with Gasteiger partial charge in [-0.05, 0) is 47.1 Å². The van der Waals surface area contributed by atoms with Crippen molar-refractivity contribution in [2.45, 2.75) is 13.5 Å². The number of carbonyl (C=O) groups is 2. The zero-order valence-corrected chi connectivity index (χ0v) is 19.1. The SMILES string of the molecule is Cc1sc(CNC(=O)CN(C)C(=O)c2ccc(Br)s2)nc1-c1ccc(Cl)cc1. The average Bonchev–Trinajstić information content (AvgIpc) is 3.25. The fourth-order valence-corrected chi connectivity index (χ4v) is 4.94. The molecule has 0 radical (unpaired) electrons. The van der Waals surface area contributed by atoms with Crippen LogP contribution in [0.3, 0.4) is 0 Å². The summed E-state index contributed by atoms with van der Waals surface area (Å²) in [7, 11) is 1.61. The molecule has 2 heterocycles. The predicted octanol–water partition coefficient (Wildman–Crippen LogP) is 4.98. The summed E-state index contributed by atoms with van der Waals surface area (Å²) in [6.07, 6.45) is 0. The number of thiazole rings is 1. The van der Waals surface area contributed by atoms with Crippen molar-refractivity contribution in [2.75, 3.05) is 13.6 Å². The molecule has 0 fully saturated rings. The predicted molar refractivity (Wildman–Crippen MR) is 118 cm³/mol. The minimum Gasteiger partial charge on any atom is -0.348 e. The lowest BCUT2D eigenvalue weighted by atomic mass is 10.1. The van der Waals surface area contributed by atoms with Crippen LogP contribution in [0.2, 0.25) is 5.02 Å². The van der Waals surface area contributed by atoms with Gasteiger partial charge in [0.2, 0.25) is 5.91 Å². The van der Waals surface area contributed by atoms with Crippen molar-refractivity contribution in [3.8, 4) is 11.3 Å². The number of likely N-dealkylation sites (N-methyl/N-ethyl adjacent to an activating group) is 1. The molecule has 0 atom stereocenters. The molecule has 3 aromatic rings. The van der Waals surface area contributed by atoms with E-state index in [9.17, 15) is 9.59 Å². The van der Waals surface area contributed by atoms with Gasteiger partial charge in [-0.3, -0.25) is 9.59 Å². The van der Waals surface area contributed by atoms with E-state index in [1.807, 2.05) is 37.3 Å². The quantitative estimate of drug-likeness (QED) is 0.521. The van der Waals surface area contributed by atoms with Crippen LogP contribution in [0.5, 0.6) is 0 Å². The monoisotopic (exact) mass is 497 g/mol. The summed E-state index contributed by atoms with van der Waals surface area (Å²) in [6.45, 7) is 2.31. The molecular weight excluding hydrogens is 482 g/mol. The lowest BCUT2D eigenvalue weighted by molar-refractivity contribution is -0.121. The van der Waals surface area contributed by atoms with Crippen molar-refractivity contribution >= 4 is 62.0 Å². The first kappa shape index (κ1) is 21.0. The Morgan fingerprint density at radius 1 is 1.18 bits per heavy atom. The fourth-order valence-electron chi connectivity index (χ4n) is 2.54. The van der Waals surface area contributed by atoms with Crippen LogP contribution < -0.4 is 5.32 Å². The molecule has 1 aromatic carbocycles. The summed E-state index contributed by atoms with van der Waals surface area (Å²) >= 11 is 12.2. The van der Waals surface area contributed by atoms with Crippen molar-refractivity contribution in [3.05, 3.63) is 60.0 Å². The Kier molecular flexibility index (Phi) is 6.87. The smallest absolute Gasteiger partial charge is 0.264 e. The van der Waals surface area contributed by atoms with Crippen molar-refractivity contribution < 1.29 is 9.59 Å². The maximum absolute atomic E-state index is 12.3. The van der Waals surface area contributed by atoms with Crippen LogP contribution >= 0.6 is 50.2 Å². The molecule has 1 N–H and O–H groups in total. The number of rotatable bonds is 6. The first-order valence-corrected chi connectivity index (χ1v) is 11.1. The highest BCUT2D eigenvalue weighted by Crippen LogP contribution is 2.28. The van der Waals surface area contributed by atoms with Gasteiger partial charge in [0, 0.05) is 22.5 Å². The number of amides is 2. The number of benzene rings is 1. The molecule has 2 aromatic heterocycles. The van der Waals surface area contributed by atoms with Gasteiger partial charge in [0.15, 0.2) is 0 Å². The highest BCUT2D eigenvalue weighted by Gasteiger charge is 2.17. The fraction of sp³-hybridized carbons (Fsp3) is 0.211. The van der Waals surface area contributed by atoms with Crippen molar-refractivity contribution in [2.24, 2.45) is 0 Å². The molecule has 0 saturated heterocycles. The van der Waals surface area contributed by atoms with Crippen molar-refractivity contribution in [1.82, 2.24) is 15.2 Å². The van der Waals surface area contributed by atoms with Gasteiger partial charge in [-0.1, -0.05) is 23.7 Å².